The van der Waals surface area contributed by atoms with Gasteiger partial charge in [-0.05, 0) is 47.0 Å². The van der Waals surface area contributed by atoms with E-state index in [0.717, 1.165) is 17.3 Å². The molecular weight excluding hydrogens is 362 g/mol. The van der Waals surface area contributed by atoms with Crippen molar-refractivity contribution in [3.8, 4) is 5.75 Å². The highest BCUT2D eigenvalue weighted by atomic mass is 79.9. The average molecular weight is 379 g/mol. The van der Waals surface area contributed by atoms with Crippen molar-refractivity contribution in [3.63, 3.8) is 0 Å². The van der Waals surface area contributed by atoms with Crippen molar-refractivity contribution < 1.29 is 9.53 Å². The minimum absolute atomic E-state index is 0.0806. The fourth-order valence-corrected chi connectivity index (χ4v) is 2.24. The van der Waals surface area contributed by atoms with Crippen LogP contribution in [0.3, 0.4) is 0 Å². The smallest absolute Gasteiger partial charge is 0.252 e. The molecule has 0 heterocycles. The molecule has 1 amide bonds. The van der Waals surface area contributed by atoms with Gasteiger partial charge in [0.1, 0.15) is 5.75 Å². The lowest BCUT2D eigenvalue weighted by atomic mass is 10.2. The Balaban J connectivity index is 2.55. The van der Waals surface area contributed by atoms with Crippen LogP contribution in [0.1, 0.15) is 30.1 Å². The number of amides is 1. The minimum atomic E-state index is -0.0806. The van der Waals surface area contributed by atoms with Gasteiger partial charge in [0.25, 0.3) is 5.91 Å². The molecule has 1 atom stereocenters. The lowest BCUT2D eigenvalue weighted by molar-refractivity contribution is 0.0952. The molecule has 0 saturated heterocycles. The van der Waals surface area contributed by atoms with Gasteiger partial charge in [0.15, 0.2) is 0 Å². The normalized spacial score (nSPS) is 12.0. The van der Waals surface area contributed by atoms with E-state index in [1.54, 1.807) is 13.2 Å². The van der Waals surface area contributed by atoms with E-state index in [0.29, 0.717) is 22.7 Å². The molecule has 3 nitrogen and oxygen atoms in total. The summed E-state index contributed by atoms with van der Waals surface area (Å²) in [6, 6.07) is 5.36. The lowest BCUT2D eigenvalue weighted by Gasteiger charge is -2.09. The molecule has 5 heteroatoms. The Labute approximate surface area is 125 Å². The van der Waals surface area contributed by atoms with Crippen molar-refractivity contribution in [1.82, 2.24) is 5.32 Å². The number of carbonyl (C=O) groups excluding carboxylic acids is 1. The number of hydrogen-bond donors (Lipinski definition) is 1. The molecule has 1 aromatic rings. The van der Waals surface area contributed by atoms with Crippen molar-refractivity contribution >= 4 is 37.8 Å². The molecule has 100 valence electrons. The molecule has 1 rings (SSSR count). The SMILES string of the molecule is COc1ccc(Br)c(C(=O)NCCCC(C)Br)c1. The lowest BCUT2D eigenvalue weighted by Crippen LogP contribution is -2.25. The summed E-state index contributed by atoms with van der Waals surface area (Å²) in [6.07, 6.45) is 2.00. The summed E-state index contributed by atoms with van der Waals surface area (Å²) in [5, 5.41) is 2.90. The minimum Gasteiger partial charge on any atom is -0.497 e. The third kappa shape index (κ3) is 4.98. The van der Waals surface area contributed by atoms with E-state index in [1.807, 2.05) is 12.1 Å². The summed E-state index contributed by atoms with van der Waals surface area (Å²) in [5.74, 6) is 0.598. The zero-order valence-corrected chi connectivity index (χ0v) is 13.7. The Bertz CT molecular complexity index is 408. The van der Waals surface area contributed by atoms with Crippen LogP contribution in [0.2, 0.25) is 0 Å². The number of halogens is 2. The van der Waals surface area contributed by atoms with Crippen LogP contribution >= 0.6 is 31.9 Å². The Morgan fingerprint density at radius 2 is 2.22 bits per heavy atom. The number of ether oxygens (including phenoxy) is 1. The summed E-state index contributed by atoms with van der Waals surface area (Å²) in [4.78, 5) is 12.5. The van der Waals surface area contributed by atoms with Crippen LogP contribution in [0, 0.1) is 0 Å². The molecule has 0 aliphatic rings. The van der Waals surface area contributed by atoms with Gasteiger partial charge in [-0.15, -0.1) is 0 Å². The summed E-state index contributed by atoms with van der Waals surface area (Å²) >= 11 is 6.85. The molecule has 1 N–H and O–H groups in total. The number of alkyl halides is 1. The van der Waals surface area contributed by atoms with Gasteiger partial charge in [0.05, 0.1) is 12.7 Å². The van der Waals surface area contributed by atoms with Crippen molar-refractivity contribution in [1.29, 1.82) is 0 Å². The van der Waals surface area contributed by atoms with Gasteiger partial charge in [0.2, 0.25) is 0 Å². The first-order valence-electron chi connectivity index (χ1n) is 5.80. The van der Waals surface area contributed by atoms with Gasteiger partial charge in [-0.25, -0.2) is 0 Å². The van der Waals surface area contributed by atoms with Gasteiger partial charge in [0, 0.05) is 15.8 Å². The number of carbonyl (C=O) groups is 1. The molecule has 0 spiro atoms. The van der Waals surface area contributed by atoms with E-state index in [1.165, 1.54) is 0 Å². The Morgan fingerprint density at radius 1 is 1.50 bits per heavy atom. The topological polar surface area (TPSA) is 38.3 Å². The first-order chi connectivity index (χ1) is 8.54. The van der Waals surface area contributed by atoms with E-state index in [4.69, 9.17) is 4.74 Å². The summed E-state index contributed by atoms with van der Waals surface area (Å²) < 4.78 is 5.88. The highest BCUT2D eigenvalue weighted by Gasteiger charge is 2.10. The maximum Gasteiger partial charge on any atom is 0.252 e. The van der Waals surface area contributed by atoms with E-state index in [2.05, 4.69) is 44.1 Å². The van der Waals surface area contributed by atoms with Crippen LogP contribution in [0.5, 0.6) is 5.75 Å². The van der Waals surface area contributed by atoms with E-state index in [9.17, 15) is 4.79 Å². The van der Waals surface area contributed by atoms with Crippen LogP contribution in [-0.2, 0) is 0 Å². The predicted molar refractivity (Wildman–Crippen MR) is 80.7 cm³/mol. The van der Waals surface area contributed by atoms with Crippen LogP contribution in [0.15, 0.2) is 22.7 Å². The molecule has 0 radical (unpaired) electrons. The van der Waals surface area contributed by atoms with Crippen molar-refractivity contribution in [2.75, 3.05) is 13.7 Å². The van der Waals surface area contributed by atoms with Crippen molar-refractivity contribution in [3.05, 3.63) is 28.2 Å². The van der Waals surface area contributed by atoms with Crippen LogP contribution in [0.25, 0.3) is 0 Å². The van der Waals surface area contributed by atoms with Gasteiger partial charge >= 0.3 is 0 Å². The average Bonchev–Trinajstić information content (AvgIpc) is 2.34. The van der Waals surface area contributed by atoms with Gasteiger partial charge in [-0.1, -0.05) is 22.9 Å². The molecule has 0 aromatic heterocycles. The first kappa shape index (κ1) is 15.5. The van der Waals surface area contributed by atoms with Crippen LogP contribution < -0.4 is 10.1 Å². The zero-order chi connectivity index (χ0) is 13.5. The second-order valence-corrected chi connectivity index (χ2v) is 6.44. The highest BCUT2D eigenvalue weighted by molar-refractivity contribution is 9.10. The number of benzene rings is 1. The molecule has 18 heavy (non-hydrogen) atoms. The molecule has 0 saturated carbocycles. The molecule has 0 fully saturated rings. The fraction of sp³-hybridized carbons (Fsp3) is 0.462. The molecule has 0 bridgehead atoms. The summed E-state index contributed by atoms with van der Waals surface area (Å²) in [7, 11) is 1.59. The van der Waals surface area contributed by atoms with E-state index in [-0.39, 0.29) is 5.91 Å². The van der Waals surface area contributed by atoms with Gasteiger partial charge in [-0.2, -0.15) is 0 Å². The van der Waals surface area contributed by atoms with Gasteiger partial charge in [-0.3, -0.25) is 4.79 Å². The molecule has 1 aromatic carbocycles. The van der Waals surface area contributed by atoms with Crippen molar-refractivity contribution in [2.45, 2.75) is 24.6 Å². The number of methoxy groups -OCH3 is 1. The second kappa shape index (κ2) is 7.79. The van der Waals surface area contributed by atoms with Crippen molar-refractivity contribution in [2.24, 2.45) is 0 Å². The standard InChI is InChI=1S/C13H17Br2NO2/c1-9(14)4-3-7-16-13(17)11-8-10(18-2)5-6-12(11)15/h5-6,8-9H,3-4,7H2,1-2H3,(H,16,17). The zero-order valence-electron chi connectivity index (χ0n) is 10.5. The number of nitrogens with one attached hydrogen (secondary N) is 1. The summed E-state index contributed by atoms with van der Waals surface area (Å²) in [5.41, 5.74) is 0.598. The number of rotatable bonds is 6. The van der Waals surface area contributed by atoms with Gasteiger partial charge < -0.3 is 10.1 Å². The first-order valence-corrected chi connectivity index (χ1v) is 7.51. The van der Waals surface area contributed by atoms with E-state index >= 15 is 0 Å². The summed E-state index contributed by atoms with van der Waals surface area (Å²) in [6.45, 7) is 2.78. The Kier molecular flexibility index (Phi) is 6.71. The maximum absolute atomic E-state index is 12.0. The Hall–Kier alpha value is -0.550. The fourth-order valence-electron chi connectivity index (χ4n) is 1.49. The van der Waals surface area contributed by atoms with E-state index < -0.39 is 0 Å². The third-order valence-electron chi connectivity index (χ3n) is 2.48. The molecule has 1 unspecified atom stereocenters. The Morgan fingerprint density at radius 3 is 2.83 bits per heavy atom. The second-order valence-electron chi connectivity index (χ2n) is 4.02. The van der Waals surface area contributed by atoms with Crippen LogP contribution in [-0.4, -0.2) is 24.4 Å². The maximum atomic E-state index is 12.0. The molecule has 0 aliphatic heterocycles. The third-order valence-corrected chi connectivity index (χ3v) is 3.63. The quantitative estimate of drug-likeness (QED) is 0.604. The largest absolute Gasteiger partial charge is 0.497 e. The predicted octanol–water partition coefficient (Wildman–Crippen LogP) is 3.75. The molecular formula is C13H17Br2NO2. The highest BCUT2D eigenvalue weighted by Crippen LogP contribution is 2.22. The number of hydrogen-bond acceptors (Lipinski definition) is 2. The monoisotopic (exact) mass is 377 g/mol. The molecule has 0 aliphatic carbocycles. The van der Waals surface area contributed by atoms with Crippen LogP contribution in [0.4, 0.5) is 0 Å².